The first-order valence-corrected chi connectivity index (χ1v) is 11.0. The molecule has 1 N–H and O–H groups in total. The molecular formula is C18H13F2N3O5S2. The summed E-state index contributed by atoms with van der Waals surface area (Å²) in [5.41, 5.74) is 1.18. The number of halogens is 2. The zero-order valence-electron chi connectivity index (χ0n) is 15.0. The van der Waals surface area contributed by atoms with Crippen molar-refractivity contribution in [3.8, 4) is 17.2 Å². The summed E-state index contributed by atoms with van der Waals surface area (Å²) >= 11 is 1.16. The van der Waals surface area contributed by atoms with Crippen LogP contribution in [0.2, 0.25) is 0 Å². The second-order valence-corrected chi connectivity index (χ2v) is 8.95. The predicted octanol–water partition coefficient (Wildman–Crippen LogP) is 3.80. The van der Waals surface area contributed by atoms with E-state index in [9.17, 15) is 17.2 Å². The van der Waals surface area contributed by atoms with Gasteiger partial charge >= 0.3 is 6.29 Å². The van der Waals surface area contributed by atoms with Gasteiger partial charge in [-0.1, -0.05) is 0 Å². The zero-order valence-corrected chi connectivity index (χ0v) is 16.7. The Labute approximate surface area is 173 Å². The summed E-state index contributed by atoms with van der Waals surface area (Å²) in [6.45, 7) is 0.716. The lowest BCUT2D eigenvalue weighted by molar-refractivity contribution is -0.286. The summed E-state index contributed by atoms with van der Waals surface area (Å²) in [5.74, 6) is 0.232. The third-order valence-electron chi connectivity index (χ3n) is 4.46. The van der Waals surface area contributed by atoms with Gasteiger partial charge in [-0.3, -0.25) is 4.72 Å². The molecule has 2 aliphatic heterocycles. The molecule has 0 radical (unpaired) electrons. The van der Waals surface area contributed by atoms with Gasteiger partial charge in [0.25, 0.3) is 10.0 Å². The molecule has 0 unspecified atom stereocenters. The van der Waals surface area contributed by atoms with Crippen LogP contribution >= 0.6 is 11.3 Å². The van der Waals surface area contributed by atoms with Gasteiger partial charge in [0.15, 0.2) is 16.6 Å². The van der Waals surface area contributed by atoms with Crippen molar-refractivity contribution in [2.45, 2.75) is 11.2 Å². The molecule has 2 aromatic carbocycles. The van der Waals surface area contributed by atoms with Gasteiger partial charge in [0.1, 0.15) is 12.4 Å². The number of nitrogens with zero attached hydrogens (tertiary/aromatic N) is 2. The van der Waals surface area contributed by atoms with Gasteiger partial charge in [-0.15, -0.1) is 20.1 Å². The van der Waals surface area contributed by atoms with Crippen LogP contribution in [0.5, 0.6) is 17.2 Å². The Balaban J connectivity index is 1.46. The summed E-state index contributed by atoms with van der Waals surface area (Å²) in [6.07, 6.45) is -2.20. The Kier molecular flexibility index (Phi) is 4.22. The average molecular weight is 453 g/mol. The van der Waals surface area contributed by atoms with Crippen LogP contribution in [-0.4, -0.2) is 32.8 Å². The molecular weight excluding hydrogens is 440 g/mol. The minimum absolute atomic E-state index is 0.0172. The molecule has 156 valence electrons. The van der Waals surface area contributed by atoms with Gasteiger partial charge in [-0.2, -0.15) is 0 Å². The Hall–Kier alpha value is -3.12. The Morgan fingerprint density at radius 3 is 2.73 bits per heavy atom. The largest absolute Gasteiger partial charge is 0.586 e. The lowest BCUT2D eigenvalue weighted by atomic mass is 10.2. The van der Waals surface area contributed by atoms with E-state index in [2.05, 4.69) is 19.2 Å². The highest BCUT2D eigenvalue weighted by atomic mass is 32.2. The third kappa shape index (κ3) is 3.37. The lowest BCUT2D eigenvalue weighted by Gasteiger charge is -2.31. The maximum atomic E-state index is 13.3. The van der Waals surface area contributed by atoms with Gasteiger partial charge in [-0.05, 0) is 24.3 Å². The number of rotatable bonds is 4. The number of sulfonamides is 1. The van der Waals surface area contributed by atoms with E-state index in [0.717, 1.165) is 11.3 Å². The molecule has 0 atom stereocenters. The highest BCUT2D eigenvalue weighted by molar-refractivity contribution is 7.93. The minimum atomic E-state index is -3.84. The Morgan fingerprint density at radius 2 is 1.93 bits per heavy atom. The predicted molar refractivity (Wildman–Crippen MR) is 105 cm³/mol. The van der Waals surface area contributed by atoms with E-state index in [4.69, 9.17) is 4.74 Å². The van der Waals surface area contributed by atoms with Gasteiger partial charge in [0.2, 0.25) is 0 Å². The molecule has 0 aliphatic carbocycles. The first-order chi connectivity index (χ1) is 14.3. The number of nitrogens with one attached hydrogen (secondary N) is 1. The van der Waals surface area contributed by atoms with Crippen LogP contribution in [0.15, 0.2) is 52.9 Å². The first kappa shape index (κ1) is 18.9. The van der Waals surface area contributed by atoms with Crippen LogP contribution in [0.4, 0.5) is 25.3 Å². The van der Waals surface area contributed by atoms with Crippen LogP contribution in [0.25, 0.3) is 0 Å². The van der Waals surface area contributed by atoms with Crippen LogP contribution in [0.3, 0.4) is 0 Å². The lowest BCUT2D eigenvalue weighted by Crippen LogP contribution is -2.28. The summed E-state index contributed by atoms with van der Waals surface area (Å²) in [5, 5.41) is 1.92. The number of anilines is 3. The van der Waals surface area contributed by atoms with Crippen molar-refractivity contribution in [2.24, 2.45) is 0 Å². The van der Waals surface area contributed by atoms with Crippen LogP contribution in [0, 0.1) is 0 Å². The molecule has 30 heavy (non-hydrogen) atoms. The van der Waals surface area contributed by atoms with Gasteiger partial charge in [0.05, 0.1) is 17.1 Å². The SMILES string of the molecule is O=S(=O)(Nc1nccs1)c1ccc2c(c1)OCCN2c1ccc2c(c1)OC(F)(F)O2. The number of aromatic nitrogens is 1. The quantitative estimate of drug-likeness (QED) is 0.643. The molecule has 0 bridgehead atoms. The van der Waals surface area contributed by atoms with Crippen molar-refractivity contribution in [1.82, 2.24) is 4.98 Å². The van der Waals surface area contributed by atoms with Crippen LogP contribution in [-0.2, 0) is 10.0 Å². The molecule has 12 heteroatoms. The molecule has 3 aromatic rings. The number of thiazole rings is 1. The second kappa shape index (κ2) is 6.71. The van der Waals surface area contributed by atoms with Crippen molar-refractivity contribution >= 4 is 37.9 Å². The van der Waals surface area contributed by atoms with Crippen molar-refractivity contribution < 1.29 is 31.4 Å². The fourth-order valence-electron chi connectivity index (χ4n) is 3.19. The monoisotopic (exact) mass is 453 g/mol. The summed E-state index contributed by atoms with van der Waals surface area (Å²) in [7, 11) is -3.84. The standard InChI is InChI=1S/C18H13F2N3O5S2/c19-18(20)27-14-4-1-11(9-16(14)28-18)23-6-7-26-15-10-12(2-3-13(15)23)30(24,25)22-17-21-5-8-29-17/h1-5,8-10H,6-7H2,(H,21,22). The Bertz CT molecular complexity index is 1220. The molecule has 0 spiro atoms. The molecule has 8 nitrogen and oxygen atoms in total. The molecule has 1 aromatic heterocycles. The van der Waals surface area contributed by atoms with Crippen molar-refractivity contribution in [3.05, 3.63) is 48.0 Å². The minimum Gasteiger partial charge on any atom is -0.489 e. The second-order valence-electron chi connectivity index (χ2n) is 6.37. The maximum Gasteiger partial charge on any atom is 0.586 e. The smallest absolute Gasteiger partial charge is 0.489 e. The molecule has 0 saturated carbocycles. The molecule has 2 aliphatic rings. The van der Waals surface area contributed by atoms with Gasteiger partial charge in [-0.25, -0.2) is 13.4 Å². The van der Waals surface area contributed by atoms with Crippen LogP contribution < -0.4 is 23.8 Å². The van der Waals surface area contributed by atoms with Crippen LogP contribution in [0.1, 0.15) is 0 Å². The van der Waals surface area contributed by atoms with E-state index in [0.29, 0.717) is 23.7 Å². The molecule has 0 amide bonds. The maximum absolute atomic E-state index is 13.3. The van der Waals surface area contributed by atoms with Crippen molar-refractivity contribution in [3.63, 3.8) is 0 Å². The summed E-state index contributed by atoms with van der Waals surface area (Å²) in [6, 6.07) is 8.92. The number of hydrogen-bond donors (Lipinski definition) is 1. The molecule has 5 rings (SSSR count). The number of hydrogen-bond acceptors (Lipinski definition) is 8. The normalized spacial score (nSPS) is 16.7. The van der Waals surface area contributed by atoms with E-state index in [-0.39, 0.29) is 28.1 Å². The number of fused-ring (bicyclic) bond motifs is 2. The first-order valence-electron chi connectivity index (χ1n) is 8.67. The number of benzene rings is 2. The van der Waals surface area contributed by atoms with Crippen molar-refractivity contribution in [1.29, 1.82) is 0 Å². The highest BCUT2D eigenvalue weighted by Crippen LogP contribution is 2.45. The third-order valence-corrected chi connectivity index (χ3v) is 6.61. The van der Waals surface area contributed by atoms with E-state index in [1.165, 1.54) is 30.5 Å². The van der Waals surface area contributed by atoms with E-state index in [1.54, 1.807) is 17.5 Å². The van der Waals surface area contributed by atoms with E-state index < -0.39 is 16.3 Å². The van der Waals surface area contributed by atoms with Crippen molar-refractivity contribution in [2.75, 3.05) is 22.8 Å². The molecule has 3 heterocycles. The van der Waals surface area contributed by atoms with E-state index >= 15 is 0 Å². The summed E-state index contributed by atoms with van der Waals surface area (Å²) in [4.78, 5) is 5.76. The Morgan fingerprint density at radius 1 is 1.10 bits per heavy atom. The number of alkyl halides is 2. The highest BCUT2D eigenvalue weighted by Gasteiger charge is 2.43. The fourth-order valence-corrected chi connectivity index (χ4v) is 4.99. The molecule has 0 fully saturated rings. The number of ether oxygens (including phenoxy) is 3. The zero-order chi connectivity index (χ0) is 20.9. The molecule has 0 saturated heterocycles. The van der Waals surface area contributed by atoms with Gasteiger partial charge in [0, 0.05) is 29.4 Å². The fraction of sp³-hybridized carbons (Fsp3) is 0.167. The average Bonchev–Trinajstić information content (AvgIpc) is 3.31. The summed E-state index contributed by atoms with van der Waals surface area (Å²) < 4.78 is 68.8. The van der Waals surface area contributed by atoms with E-state index in [1.807, 2.05) is 4.90 Å². The van der Waals surface area contributed by atoms with Gasteiger partial charge < -0.3 is 19.1 Å². The topological polar surface area (TPSA) is 90.0 Å².